The van der Waals surface area contributed by atoms with Crippen molar-refractivity contribution in [1.82, 2.24) is 5.32 Å². The number of hydrogen-bond acceptors (Lipinski definition) is 6. The molecule has 1 amide bonds. The second-order valence-corrected chi connectivity index (χ2v) is 5.80. The van der Waals surface area contributed by atoms with E-state index in [4.69, 9.17) is 4.74 Å². The number of esters is 1. The van der Waals surface area contributed by atoms with Crippen LogP contribution < -0.4 is 10.6 Å². The number of nitro groups is 1. The molecule has 0 radical (unpaired) electrons. The summed E-state index contributed by atoms with van der Waals surface area (Å²) in [5, 5.41) is 16.7. The average molecular weight is 371 g/mol. The van der Waals surface area contributed by atoms with Gasteiger partial charge in [0.05, 0.1) is 16.5 Å². The van der Waals surface area contributed by atoms with E-state index in [1.165, 1.54) is 12.1 Å². The highest BCUT2D eigenvalue weighted by atomic mass is 16.6. The zero-order valence-corrected chi connectivity index (χ0v) is 15.1. The number of ether oxygens (including phenoxy) is 1. The minimum absolute atomic E-state index is 0.00672. The third kappa shape index (κ3) is 5.53. The van der Waals surface area contributed by atoms with Crippen molar-refractivity contribution in [2.75, 3.05) is 18.5 Å². The van der Waals surface area contributed by atoms with Gasteiger partial charge in [0.1, 0.15) is 5.69 Å². The van der Waals surface area contributed by atoms with Crippen molar-refractivity contribution >= 4 is 23.3 Å². The van der Waals surface area contributed by atoms with E-state index in [0.717, 1.165) is 11.6 Å². The molecule has 0 unspecified atom stereocenters. The number of carbonyl (C=O) groups excluding carboxylic acids is 2. The largest absolute Gasteiger partial charge is 0.452 e. The van der Waals surface area contributed by atoms with Crippen LogP contribution in [0.2, 0.25) is 0 Å². The van der Waals surface area contributed by atoms with E-state index < -0.39 is 23.4 Å². The van der Waals surface area contributed by atoms with Crippen LogP contribution in [0, 0.1) is 10.1 Å². The lowest BCUT2D eigenvalue weighted by atomic mass is 10.1. The third-order valence-electron chi connectivity index (χ3n) is 3.81. The molecule has 0 spiro atoms. The Morgan fingerprint density at radius 2 is 1.89 bits per heavy atom. The van der Waals surface area contributed by atoms with E-state index in [0.29, 0.717) is 12.2 Å². The van der Waals surface area contributed by atoms with E-state index in [1.807, 2.05) is 37.3 Å². The SMILES string of the molecule is CCNc1ccc(C(=O)OCC(=O)N[C@H](C)c2ccccc2)cc1[N+](=O)[O-]. The Balaban J connectivity index is 1.96. The molecule has 0 saturated heterocycles. The first kappa shape index (κ1) is 19.9. The highest BCUT2D eigenvalue weighted by Crippen LogP contribution is 2.25. The summed E-state index contributed by atoms with van der Waals surface area (Å²) in [4.78, 5) is 34.6. The molecular weight excluding hydrogens is 350 g/mol. The highest BCUT2D eigenvalue weighted by Gasteiger charge is 2.19. The number of carbonyl (C=O) groups is 2. The molecule has 0 bridgehead atoms. The second-order valence-electron chi connectivity index (χ2n) is 5.80. The Morgan fingerprint density at radius 3 is 2.52 bits per heavy atom. The summed E-state index contributed by atoms with van der Waals surface area (Å²) in [6, 6.07) is 13.1. The first-order valence-electron chi connectivity index (χ1n) is 8.46. The van der Waals surface area contributed by atoms with Gasteiger partial charge in [-0.25, -0.2) is 4.79 Å². The van der Waals surface area contributed by atoms with Gasteiger partial charge >= 0.3 is 5.97 Å². The summed E-state index contributed by atoms with van der Waals surface area (Å²) in [5.74, 6) is -1.26. The summed E-state index contributed by atoms with van der Waals surface area (Å²) in [5.41, 5.74) is 1.01. The number of nitrogens with zero attached hydrogens (tertiary/aromatic N) is 1. The van der Waals surface area contributed by atoms with Crippen molar-refractivity contribution in [3.8, 4) is 0 Å². The Labute approximate surface area is 156 Å². The van der Waals surface area contributed by atoms with E-state index in [9.17, 15) is 19.7 Å². The van der Waals surface area contributed by atoms with E-state index in [2.05, 4.69) is 10.6 Å². The fourth-order valence-electron chi connectivity index (χ4n) is 2.47. The van der Waals surface area contributed by atoms with Gasteiger partial charge in [0.25, 0.3) is 11.6 Å². The van der Waals surface area contributed by atoms with Crippen LogP contribution in [0.5, 0.6) is 0 Å². The number of rotatable bonds is 8. The van der Waals surface area contributed by atoms with Crippen LogP contribution in [0.3, 0.4) is 0 Å². The first-order chi connectivity index (χ1) is 12.9. The molecule has 2 aromatic carbocycles. The molecule has 142 valence electrons. The summed E-state index contributed by atoms with van der Waals surface area (Å²) >= 11 is 0. The minimum atomic E-state index is -0.802. The molecule has 0 aliphatic rings. The predicted molar refractivity (Wildman–Crippen MR) is 101 cm³/mol. The molecule has 0 aromatic heterocycles. The van der Waals surface area contributed by atoms with Gasteiger partial charge in [-0.05, 0) is 31.5 Å². The van der Waals surface area contributed by atoms with Crippen LogP contribution >= 0.6 is 0 Å². The van der Waals surface area contributed by atoms with Crippen molar-refractivity contribution < 1.29 is 19.2 Å². The second kappa shape index (κ2) is 9.33. The van der Waals surface area contributed by atoms with Gasteiger partial charge in [-0.3, -0.25) is 14.9 Å². The van der Waals surface area contributed by atoms with Gasteiger partial charge < -0.3 is 15.4 Å². The normalized spacial score (nSPS) is 11.3. The monoisotopic (exact) mass is 371 g/mol. The molecule has 8 heteroatoms. The molecule has 0 aliphatic carbocycles. The van der Waals surface area contributed by atoms with Crippen molar-refractivity contribution in [1.29, 1.82) is 0 Å². The maximum absolute atomic E-state index is 12.1. The standard InChI is InChI=1S/C19H21N3O5/c1-3-20-16-10-9-15(11-17(16)22(25)26)19(24)27-12-18(23)21-13(2)14-7-5-4-6-8-14/h4-11,13,20H,3,12H2,1-2H3,(H,21,23)/t13-/m1/s1. The molecular formula is C19H21N3O5. The molecule has 0 heterocycles. The third-order valence-corrected chi connectivity index (χ3v) is 3.81. The zero-order valence-electron chi connectivity index (χ0n) is 15.1. The van der Waals surface area contributed by atoms with E-state index in [1.54, 1.807) is 6.92 Å². The number of amides is 1. The van der Waals surface area contributed by atoms with Crippen LogP contribution in [0.25, 0.3) is 0 Å². The van der Waals surface area contributed by atoms with Gasteiger partial charge in [0.15, 0.2) is 6.61 Å². The van der Waals surface area contributed by atoms with Crippen LogP contribution in [0.15, 0.2) is 48.5 Å². The molecule has 2 aromatic rings. The molecule has 2 N–H and O–H groups in total. The van der Waals surface area contributed by atoms with Crippen molar-refractivity contribution in [2.24, 2.45) is 0 Å². The van der Waals surface area contributed by atoms with E-state index >= 15 is 0 Å². The lowest BCUT2D eigenvalue weighted by molar-refractivity contribution is -0.384. The lowest BCUT2D eigenvalue weighted by Gasteiger charge is -2.14. The van der Waals surface area contributed by atoms with Crippen molar-refractivity contribution in [3.05, 3.63) is 69.8 Å². The fourth-order valence-corrected chi connectivity index (χ4v) is 2.47. The first-order valence-corrected chi connectivity index (χ1v) is 8.46. The van der Waals surface area contributed by atoms with Crippen LogP contribution in [0.1, 0.15) is 35.8 Å². The highest BCUT2D eigenvalue weighted by molar-refractivity contribution is 5.93. The van der Waals surface area contributed by atoms with Gasteiger partial charge in [0, 0.05) is 12.6 Å². The summed E-state index contributed by atoms with van der Waals surface area (Å²) in [7, 11) is 0. The molecule has 2 rings (SSSR count). The van der Waals surface area contributed by atoms with Crippen molar-refractivity contribution in [2.45, 2.75) is 19.9 Å². The van der Waals surface area contributed by atoms with Crippen LogP contribution in [-0.4, -0.2) is 30.0 Å². The fraction of sp³-hybridized carbons (Fsp3) is 0.263. The number of anilines is 1. The molecule has 0 saturated carbocycles. The Bertz CT molecular complexity index is 823. The number of hydrogen-bond donors (Lipinski definition) is 2. The Hall–Kier alpha value is -3.42. The summed E-state index contributed by atoms with van der Waals surface area (Å²) < 4.78 is 4.97. The smallest absolute Gasteiger partial charge is 0.338 e. The van der Waals surface area contributed by atoms with Gasteiger partial charge in [-0.15, -0.1) is 0 Å². The van der Waals surface area contributed by atoms with Gasteiger partial charge in [0.2, 0.25) is 0 Å². The maximum atomic E-state index is 12.1. The minimum Gasteiger partial charge on any atom is -0.452 e. The predicted octanol–water partition coefficient (Wildman–Crippen LogP) is 3.06. The molecule has 27 heavy (non-hydrogen) atoms. The lowest BCUT2D eigenvalue weighted by Crippen LogP contribution is -2.31. The zero-order chi connectivity index (χ0) is 19.8. The Kier molecular flexibility index (Phi) is 6.87. The summed E-state index contributed by atoms with van der Waals surface area (Å²) in [6.07, 6.45) is 0. The molecule has 8 nitrogen and oxygen atoms in total. The van der Waals surface area contributed by atoms with E-state index in [-0.39, 0.29) is 17.3 Å². The van der Waals surface area contributed by atoms with Gasteiger partial charge in [-0.2, -0.15) is 0 Å². The molecule has 0 aliphatic heterocycles. The number of benzene rings is 2. The summed E-state index contributed by atoms with van der Waals surface area (Å²) in [6.45, 7) is 3.65. The van der Waals surface area contributed by atoms with Gasteiger partial charge in [-0.1, -0.05) is 30.3 Å². The average Bonchev–Trinajstić information content (AvgIpc) is 2.67. The molecule has 1 atom stereocenters. The quantitative estimate of drug-likeness (QED) is 0.419. The molecule has 0 fully saturated rings. The van der Waals surface area contributed by atoms with Crippen molar-refractivity contribution in [3.63, 3.8) is 0 Å². The van der Waals surface area contributed by atoms with Crippen LogP contribution in [0.4, 0.5) is 11.4 Å². The Morgan fingerprint density at radius 1 is 1.19 bits per heavy atom. The number of nitrogens with one attached hydrogen (secondary N) is 2. The maximum Gasteiger partial charge on any atom is 0.338 e. The number of nitro benzene ring substituents is 1. The topological polar surface area (TPSA) is 111 Å². The van der Waals surface area contributed by atoms with Crippen LogP contribution in [-0.2, 0) is 9.53 Å².